The molecule has 0 saturated carbocycles. The summed E-state index contributed by atoms with van der Waals surface area (Å²) < 4.78 is 0. The summed E-state index contributed by atoms with van der Waals surface area (Å²) in [5, 5.41) is 7.03. The lowest BCUT2D eigenvalue weighted by Gasteiger charge is -2.34. The van der Waals surface area contributed by atoms with Crippen molar-refractivity contribution < 1.29 is 0 Å². The molecule has 5 heteroatoms. The molecule has 0 spiro atoms. The lowest BCUT2D eigenvalue weighted by Crippen LogP contribution is -2.49. The van der Waals surface area contributed by atoms with Gasteiger partial charge in [0.25, 0.3) is 0 Å². The van der Waals surface area contributed by atoms with Gasteiger partial charge in [-0.2, -0.15) is 0 Å². The van der Waals surface area contributed by atoms with Crippen LogP contribution in [-0.2, 0) is 0 Å². The molecule has 5 nitrogen and oxygen atoms in total. The summed E-state index contributed by atoms with van der Waals surface area (Å²) in [5.74, 6) is 2.03. The number of pyridine rings is 1. The molecule has 1 aromatic heterocycles. The van der Waals surface area contributed by atoms with Crippen LogP contribution in [0.1, 0.15) is 52.1 Å². The van der Waals surface area contributed by atoms with Crippen molar-refractivity contribution in [1.82, 2.24) is 15.6 Å². The Hall–Kier alpha value is -1.78. The lowest BCUT2D eigenvalue weighted by atomic mass is 9.91. The van der Waals surface area contributed by atoms with Crippen LogP contribution in [0.25, 0.3) is 0 Å². The number of nitrogens with zero attached hydrogens (tertiary/aromatic N) is 3. The number of aryl methyl sites for hydroxylation is 1. The summed E-state index contributed by atoms with van der Waals surface area (Å²) in [6, 6.07) is 6.73. The molecular formula is C20H35N5. The van der Waals surface area contributed by atoms with Crippen LogP contribution < -0.4 is 15.5 Å². The van der Waals surface area contributed by atoms with Gasteiger partial charge in [0.15, 0.2) is 5.96 Å². The number of guanidine groups is 1. The number of hydrogen-bond acceptors (Lipinski definition) is 3. The Bertz CT molecular complexity index is 553. The summed E-state index contributed by atoms with van der Waals surface area (Å²) in [5.41, 5.74) is 1.48. The zero-order valence-corrected chi connectivity index (χ0v) is 16.6. The highest BCUT2D eigenvalue weighted by atomic mass is 15.2. The minimum absolute atomic E-state index is 0.398. The Balaban J connectivity index is 1.73. The third-order valence-electron chi connectivity index (χ3n) is 4.65. The zero-order valence-electron chi connectivity index (χ0n) is 16.6. The van der Waals surface area contributed by atoms with Gasteiger partial charge in [-0.15, -0.1) is 0 Å². The van der Waals surface area contributed by atoms with Crippen molar-refractivity contribution in [2.75, 3.05) is 31.6 Å². The maximum atomic E-state index is 4.64. The van der Waals surface area contributed by atoms with Crippen molar-refractivity contribution in [3.8, 4) is 0 Å². The van der Waals surface area contributed by atoms with Gasteiger partial charge < -0.3 is 15.5 Å². The monoisotopic (exact) mass is 345 g/mol. The highest BCUT2D eigenvalue weighted by Gasteiger charge is 2.21. The molecule has 1 aliphatic rings. The van der Waals surface area contributed by atoms with E-state index in [0.717, 1.165) is 49.9 Å². The number of anilines is 1. The molecule has 0 atom stereocenters. The van der Waals surface area contributed by atoms with Gasteiger partial charge in [0.05, 0.1) is 0 Å². The summed E-state index contributed by atoms with van der Waals surface area (Å²) in [6.07, 6.45) is 4.61. The van der Waals surface area contributed by atoms with E-state index in [4.69, 9.17) is 0 Å². The molecule has 0 aromatic carbocycles. The summed E-state index contributed by atoms with van der Waals surface area (Å²) >= 11 is 0. The van der Waals surface area contributed by atoms with Crippen molar-refractivity contribution in [1.29, 1.82) is 0 Å². The molecule has 25 heavy (non-hydrogen) atoms. The van der Waals surface area contributed by atoms with E-state index < -0.39 is 0 Å². The molecule has 1 fully saturated rings. The van der Waals surface area contributed by atoms with Crippen molar-refractivity contribution in [3.05, 3.63) is 23.9 Å². The largest absolute Gasteiger partial charge is 0.356 e. The molecule has 140 valence electrons. The predicted molar refractivity (Wildman–Crippen MR) is 107 cm³/mol. The number of rotatable bonds is 5. The molecule has 0 bridgehead atoms. The molecule has 0 radical (unpaired) electrons. The Morgan fingerprint density at radius 2 is 2.00 bits per heavy atom. The van der Waals surface area contributed by atoms with Crippen LogP contribution in [0.15, 0.2) is 23.2 Å². The van der Waals surface area contributed by atoms with E-state index in [2.05, 4.69) is 58.4 Å². The fourth-order valence-electron chi connectivity index (χ4n) is 3.17. The maximum absolute atomic E-state index is 4.64. The summed E-state index contributed by atoms with van der Waals surface area (Å²) in [4.78, 5) is 11.4. The third kappa shape index (κ3) is 6.92. The molecule has 0 unspecified atom stereocenters. The number of piperidine rings is 1. The fraction of sp³-hybridized carbons (Fsp3) is 0.700. The van der Waals surface area contributed by atoms with E-state index in [1.165, 1.54) is 12.8 Å². The molecule has 1 aliphatic heterocycles. The number of hydrogen-bond donors (Lipinski definition) is 2. The first-order valence-corrected chi connectivity index (χ1v) is 9.53. The molecule has 2 rings (SSSR count). The van der Waals surface area contributed by atoms with E-state index in [0.29, 0.717) is 11.5 Å². The van der Waals surface area contributed by atoms with Crippen molar-refractivity contribution in [3.63, 3.8) is 0 Å². The quantitative estimate of drug-likeness (QED) is 0.488. The van der Waals surface area contributed by atoms with Gasteiger partial charge in [-0.05, 0) is 50.2 Å². The van der Waals surface area contributed by atoms with Gasteiger partial charge in [-0.25, -0.2) is 4.98 Å². The Kier molecular flexibility index (Phi) is 7.09. The van der Waals surface area contributed by atoms with Crippen LogP contribution in [0.4, 0.5) is 5.82 Å². The molecular weight excluding hydrogens is 310 g/mol. The smallest absolute Gasteiger partial charge is 0.191 e. The molecule has 1 aromatic rings. The minimum Gasteiger partial charge on any atom is -0.356 e. The first-order valence-electron chi connectivity index (χ1n) is 9.53. The second-order valence-corrected chi connectivity index (χ2v) is 8.21. The van der Waals surface area contributed by atoms with Gasteiger partial charge in [-0.1, -0.05) is 26.8 Å². The van der Waals surface area contributed by atoms with Crippen LogP contribution in [0.3, 0.4) is 0 Å². The van der Waals surface area contributed by atoms with Crippen molar-refractivity contribution in [2.24, 2.45) is 10.4 Å². The summed E-state index contributed by atoms with van der Waals surface area (Å²) in [6.45, 7) is 12.0. The second-order valence-electron chi connectivity index (χ2n) is 8.21. The molecule has 2 heterocycles. The van der Waals surface area contributed by atoms with E-state index in [9.17, 15) is 0 Å². The van der Waals surface area contributed by atoms with Crippen LogP contribution in [0.5, 0.6) is 0 Å². The van der Waals surface area contributed by atoms with Gasteiger partial charge in [0, 0.05) is 38.4 Å². The maximum Gasteiger partial charge on any atom is 0.191 e. The molecule has 2 N–H and O–H groups in total. The third-order valence-corrected chi connectivity index (χ3v) is 4.65. The van der Waals surface area contributed by atoms with Crippen LogP contribution >= 0.6 is 0 Å². The number of nitrogens with one attached hydrogen (secondary N) is 2. The Morgan fingerprint density at radius 1 is 1.28 bits per heavy atom. The number of aromatic nitrogens is 1. The van der Waals surface area contributed by atoms with Gasteiger partial charge >= 0.3 is 0 Å². The second kappa shape index (κ2) is 9.07. The predicted octanol–water partition coefficient (Wildman–Crippen LogP) is 3.35. The minimum atomic E-state index is 0.398. The van der Waals surface area contributed by atoms with Crippen molar-refractivity contribution >= 4 is 11.8 Å². The average molecular weight is 346 g/mol. The fourth-order valence-corrected chi connectivity index (χ4v) is 3.17. The Labute approximate surface area is 153 Å². The highest BCUT2D eigenvalue weighted by Crippen LogP contribution is 2.20. The van der Waals surface area contributed by atoms with Gasteiger partial charge in [0.2, 0.25) is 0 Å². The normalized spacial score (nSPS) is 16.8. The molecule has 1 saturated heterocycles. The van der Waals surface area contributed by atoms with Gasteiger partial charge in [0.1, 0.15) is 5.82 Å². The van der Waals surface area contributed by atoms with Crippen LogP contribution in [0, 0.1) is 12.3 Å². The van der Waals surface area contributed by atoms with E-state index in [1.807, 2.05) is 20.0 Å². The van der Waals surface area contributed by atoms with E-state index in [-0.39, 0.29) is 0 Å². The van der Waals surface area contributed by atoms with Crippen LogP contribution in [0.2, 0.25) is 0 Å². The standard InChI is InChI=1S/C20H35N5/c1-16-8-6-9-18(23-16)25-14-10-17(11-15-25)24-19(21-5)22-13-7-12-20(2,3)4/h6,8-9,17H,7,10-15H2,1-5H3,(H2,21,22,24). The SMILES string of the molecule is CN=C(NCCCC(C)(C)C)NC1CCN(c2cccc(C)n2)CC1. The van der Waals surface area contributed by atoms with E-state index in [1.54, 1.807) is 0 Å². The highest BCUT2D eigenvalue weighted by molar-refractivity contribution is 5.79. The first-order chi connectivity index (χ1) is 11.9. The average Bonchev–Trinajstić information content (AvgIpc) is 2.57. The first kappa shape index (κ1) is 19.5. The van der Waals surface area contributed by atoms with Crippen molar-refractivity contribution in [2.45, 2.75) is 59.4 Å². The molecule has 0 aliphatic carbocycles. The lowest BCUT2D eigenvalue weighted by molar-refractivity contribution is 0.365. The molecule has 0 amide bonds. The van der Waals surface area contributed by atoms with E-state index >= 15 is 0 Å². The van der Waals surface area contributed by atoms with Crippen LogP contribution in [-0.4, -0.2) is 43.7 Å². The topological polar surface area (TPSA) is 52.6 Å². The number of aliphatic imine (C=N–C) groups is 1. The summed E-state index contributed by atoms with van der Waals surface area (Å²) in [7, 11) is 1.85. The zero-order chi connectivity index (χ0) is 18.3. The van der Waals surface area contributed by atoms with Gasteiger partial charge in [-0.3, -0.25) is 4.99 Å². The Morgan fingerprint density at radius 3 is 2.60 bits per heavy atom.